The zero-order valence-corrected chi connectivity index (χ0v) is 11.4. The largest absolute Gasteiger partial charge is 0.494 e. The molecule has 0 aliphatic rings. The smallest absolute Gasteiger partial charge is 0.165 e. The summed E-state index contributed by atoms with van der Waals surface area (Å²) in [6, 6.07) is 5.07. The van der Waals surface area contributed by atoms with Crippen molar-refractivity contribution in [2.24, 2.45) is 0 Å². The maximum Gasteiger partial charge on any atom is 0.165 e. The highest BCUT2D eigenvalue weighted by atomic mass is 19.1. The summed E-state index contributed by atoms with van der Waals surface area (Å²) < 4.78 is 18.4. The number of carbonyl (C=O) groups excluding carboxylic acids is 1. The van der Waals surface area contributed by atoms with Crippen molar-refractivity contribution < 1.29 is 13.9 Å². The molecule has 0 bridgehead atoms. The minimum atomic E-state index is -0.359. The molecule has 3 nitrogen and oxygen atoms in total. The molecule has 0 saturated heterocycles. The molecule has 0 aromatic heterocycles. The molecule has 1 atom stereocenters. The average Bonchev–Trinajstić information content (AvgIpc) is 2.28. The summed E-state index contributed by atoms with van der Waals surface area (Å²) in [5.41, 5.74) is 0.867. The second-order valence-corrected chi connectivity index (χ2v) is 4.64. The minimum absolute atomic E-state index is 0.146. The predicted molar refractivity (Wildman–Crippen MR) is 69.2 cm³/mol. The van der Waals surface area contributed by atoms with Gasteiger partial charge in [-0.25, -0.2) is 4.39 Å². The molecule has 0 saturated carbocycles. The summed E-state index contributed by atoms with van der Waals surface area (Å²) >= 11 is 0. The van der Waals surface area contributed by atoms with Crippen molar-refractivity contribution >= 4 is 5.78 Å². The molecular weight excluding hydrogens is 233 g/mol. The van der Waals surface area contributed by atoms with Crippen molar-refractivity contribution in [2.75, 3.05) is 14.2 Å². The Labute approximate surface area is 108 Å². The number of Topliss-reactive ketones (excluding diaryl/α,β-unsaturated/α-hetero) is 1. The Morgan fingerprint density at radius 3 is 2.67 bits per heavy atom. The van der Waals surface area contributed by atoms with Crippen LogP contribution in [0.1, 0.15) is 25.8 Å². The van der Waals surface area contributed by atoms with Gasteiger partial charge in [0.15, 0.2) is 11.6 Å². The van der Waals surface area contributed by atoms with Gasteiger partial charge in [-0.1, -0.05) is 6.07 Å². The molecule has 0 aliphatic heterocycles. The van der Waals surface area contributed by atoms with Gasteiger partial charge in [-0.3, -0.25) is 9.69 Å². The summed E-state index contributed by atoms with van der Waals surface area (Å²) in [7, 11) is 3.37. The monoisotopic (exact) mass is 253 g/mol. The van der Waals surface area contributed by atoms with Crippen molar-refractivity contribution in [1.29, 1.82) is 0 Å². The van der Waals surface area contributed by atoms with Crippen LogP contribution in [0.15, 0.2) is 18.2 Å². The van der Waals surface area contributed by atoms with Crippen LogP contribution in [0, 0.1) is 5.82 Å². The van der Waals surface area contributed by atoms with Crippen molar-refractivity contribution in [2.45, 2.75) is 32.9 Å². The summed E-state index contributed by atoms with van der Waals surface area (Å²) in [4.78, 5) is 13.1. The van der Waals surface area contributed by atoms with Crippen LogP contribution in [0.5, 0.6) is 5.75 Å². The van der Waals surface area contributed by atoms with Gasteiger partial charge in [0.1, 0.15) is 5.78 Å². The highest BCUT2D eigenvalue weighted by Crippen LogP contribution is 2.19. The lowest BCUT2D eigenvalue weighted by Crippen LogP contribution is -2.30. The van der Waals surface area contributed by atoms with E-state index in [1.807, 2.05) is 24.9 Å². The van der Waals surface area contributed by atoms with E-state index in [0.717, 1.165) is 5.56 Å². The molecule has 1 aromatic carbocycles. The number of hydrogen-bond acceptors (Lipinski definition) is 3. The summed E-state index contributed by atoms with van der Waals surface area (Å²) in [6.07, 6.45) is 0.509. The quantitative estimate of drug-likeness (QED) is 0.780. The first kappa shape index (κ1) is 14.6. The molecule has 4 heteroatoms. The minimum Gasteiger partial charge on any atom is -0.494 e. The number of nitrogens with zero attached hydrogens (tertiary/aromatic N) is 1. The van der Waals surface area contributed by atoms with E-state index in [2.05, 4.69) is 0 Å². The van der Waals surface area contributed by atoms with E-state index in [1.165, 1.54) is 13.2 Å². The first-order valence-electron chi connectivity index (χ1n) is 5.96. The third-order valence-corrected chi connectivity index (χ3v) is 2.98. The summed E-state index contributed by atoms with van der Waals surface area (Å²) in [5.74, 6) is 0.0519. The maximum absolute atomic E-state index is 13.5. The van der Waals surface area contributed by atoms with E-state index in [-0.39, 0.29) is 23.4 Å². The van der Waals surface area contributed by atoms with Crippen LogP contribution < -0.4 is 4.74 Å². The van der Waals surface area contributed by atoms with Gasteiger partial charge in [-0.15, -0.1) is 0 Å². The number of ketones is 1. The van der Waals surface area contributed by atoms with Crippen LogP contribution in [0.3, 0.4) is 0 Å². The average molecular weight is 253 g/mol. The molecule has 0 heterocycles. The zero-order chi connectivity index (χ0) is 13.7. The van der Waals surface area contributed by atoms with E-state index < -0.39 is 0 Å². The van der Waals surface area contributed by atoms with Gasteiger partial charge in [-0.05, 0) is 38.6 Å². The molecular formula is C14H20FNO2. The molecule has 0 fully saturated rings. The number of methoxy groups -OCH3 is 1. The van der Waals surface area contributed by atoms with Crippen LogP contribution in [0.4, 0.5) is 4.39 Å². The predicted octanol–water partition coefficient (Wildman–Crippen LogP) is 2.63. The van der Waals surface area contributed by atoms with Gasteiger partial charge in [0, 0.05) is 19.0 Å². The molecule has 0 spiro atoms. The maximum atomic E-state index is 13.5. The molecule has 0 amide bonds. The lowest BCUT2D eigenvalue weighted by Gasteiger charge is -2.24. The molecule has 1 unspecified atom stereocenters. The fourth-order valence-electron chi connectivity index (χ4n) is 1.82. The van der Waals surface area contributed by atoms with Gasteiger partial charge in [0.25, 0.3) is 0 Å². The van der Waals surface area contributed by atoms with E-state index in [4.69, 9.17) is 4.74 Å². The SMILES string of the molecule is COc1ccc(CN(C)C(C)CC(C)=O)cc1F. The Morgan fingerprint density at radius 1 is 1.50 bits per heavy atom. The van der Waals surface area contributed by atoms with Gasteiger partial charge < -0.3 is 4.74 Å². The van der Waals surface area contributed by atoms with Crippen LogP contribution in [-0.4, -0.2) is 30.9 Å². The number of halogens is 1. The standard InChI is InChI=1S/C14H20FNO2/c1-10(7-11(2)17)16(3)9-12-5-6-14(18-4)13(15)8-12/h5-6,8,10H,7,9H2,1-4H3. The Morgan fingerprint density at radius 2 is 2.17 bits per heavy atom. The molecule has 0 N–H and O–H groups in total. The topological polar surface area (TPSA) is 29.5 Å². The molecule has 1 rings (SSSR count). The third kappa shape index (κ3) is 4.11. The number of ether oxygens (including phenoxy) is 1. The normalized spacial score (nSPS) is 12.6. The van der Waals surface area contributed by atoms with Crippen molar-refractivity contribution in [3.63, 3.8) is 0 Å². The van der Waals surface area contributed by atoms with Gasteiger partial charge in [0.05, 0.1) is 7.11 Å². The lowest BCUT2D eigenvalue weighted by atomic mass is 10.1. The molecule has 0 radical (unpaired) electrons. The first-order chi connectivity index (χ1) is 8.43. The third-order valence-electron chi connectivity index (χ3n) is 2.98. The second-order valence-electron chi connectivity index (χ2n) is 4.64. The van der Waals surface area contributed by atoms with E-state index in [9.17, 15) is 9.18 Å². The van der Waals surface area contributed by atoms with Crippen LogP contribution in [-0.2, 0) is 11.3 Å². The molecule has 100 valence electrons. The number of benzene rings is 1. The summed E-state index contributed by atoms with van der Waals surface area (Å²) in [5, 5.41) is 0. The number of carbonyl (C=O) groups is 1. The highest BCUT2D eigenvalue weighted by Gasteiger charge is 2.12. The zero-order valence-electron chi connectivity index (χ0n) is 11.4. The number of hydrogen-bond donors (Lipinski definition) is 0. The van der Waals surface area contributed by atoms with Gasteiger partial charge in [0.2, 0.25) is 0 Å². The van der Waals surface area contributed by atoms with Gasteiger partial charge in [-0.2, -0.15) is 0 Å². The number of rotatable bonds is 6. The van der Waals surface area contributed by atoms with Crippen LogP contribution >= 0.6 is 0 Å². The van der Waals surface area contributed by atoms with E-state index >= 15 is 0 Å². The highest BCUT2D eigenvalue weighted by molar-refractivity contribution is 5.76. The van der Waals surface area contributed by atoms with E-state index in [1.54, 1.807) is 13.0 Å². The second kappa shape index (κ2) is 6.50. The lowest BCUT2D eigenvalue weighted by molar-refractivity contribution is -0.118. The van der Waals surface area contributed by atoms with Crippen LogP contribution in [0.25, 0.3) is 0 Å². The Bertz CT molecular complexity index is 420. The molecule has 18 heavy (non-hydrogen) atoms. The van der Waals surface area contributed by atoms with Crippen LogP contribution in [0.2, 0.25) is 0 Å². The fraction of sp³-hybridized carbons (Fsp3) is 0.500. The Hall–Kier alpha value is -1.42. The fourth-order valence-corrected chi connectivity index (χ4v) is 1.82. The molecule has 1 aromatic rings. The van der Waals surface area contributed by atoms with E-state index in [0.29, 0.717) is 13.0 Å². The Balaban J connectivity index is 2.67. The Kier molecular flexibility index (Phi) is 5.28. The summed E-state index contributed by atoms with van der Waals surface area (Å²) in [6.45, 7) is 4.17. The van der Waals surface area contributed by atoms with Crippen molar-refractivity contribution in [1.82, 2.24) is 4.90 Å². The first-order valence-corrected chi connectivity index (χ1v) is 5.96. The van der Waals surface area contributed by atoms with Crippen molar-refractivity contribution in [3.05, 3.63) is 29.6 Å². The van der Waals surface area contributed by atoms with Crippen molar-refractivity contribution in [3.8, 4) is 5.75 Å². The molecule has 0 aliphatic carbocycles. The van der Waals surface area contributed by atoms with Gasteiger partial charge >= 0.3 is 0 Å².